The number of rotatable bonds is 11. The maximum Gasteiger partial charge on any atom is 0.357 e. The molecule has 1 amide bonds. The van der Waals surface area contributed by atoms with Crippen molar-refractivity contribution in [3.8, 4) is 11.5 Å². The van der Waals surface area contributed by atoms with Crippen LogP contribution in [0, 0.1) is 11.8 Å². The fourth-order valence-corrected chi connectivity index (χ4v) is 9.49. The van der Waals surface area contributed by atoms with Crippen molar-refractivity contribution in [2.45, 2.75) is 50.2 Å². The number of hydrogen-bond donors (Lipinski definition) is 7. The lowest BCUT2D eigenvalue weighted by molar-refractivity contribution is -0.162. The first-order valence-electron chi connectivity index (χ1n) is 16.0. The van der Waals surface area contributed by atoms with Gasteiger partial charge in [-0.1, -0.05) is 25.1 Å². The number of likely N-dealkylation sites (N-methyl/N-ethyl adjacent to an activating group) is 1. The van der Waals surface area contributed by atoms with E-state index in [9.17, 15) is 44.5 Å². The fourth-order valence-electron chi connectivity index (χ4n) is 7.56. The predicted octanol–water partition coefficient (Wildman–Crippen LogP) is 3.04. The van der Waals surface area contributed by atoms with Crippen LogP contribution in [0.4, 0.5) is 5.69 Å². The van der Waals surface area contributed by atoms with Gasteiger partial charge in [0.2, 0.25) is 5.78 Å². The predicted molar refractivity (Wildman–Crippen MR) is 180 cm³/mol. The highest BCUT2D eigenvalue weighted by Crippen LogP contribution is 2.62. The molecule has 0 aliphatic heterocycles. The van der Waals surface area contributed by atoms with E-state index in [1.165, 1.54) is 38.2 Å². The van der Waals surface area contributed by atoms with E-state index in [4.69, 9.17) is 19.5 Å². The molecule has 2 aromatic carbocycles. The zero-order valence-electron chi connectivity index (χ0n) is 28.4. The molecule has 0 bridgehead atoms. The zero-order chi connectivity index (χ0) is 37.0. The van der Waals surface area contributed by atoms with Crippen molar-refractivity contribution in [2.75, 3.05) is 39.7 Å². The smallest absolute Gasteiger partial charge is 0.357 e. The van der Waals surface area contributed by atoms with Crippen LogP contribution in [0.15, 0.2) is 59.1 Å². The fraction of sp³-hybridized carbons (Fsp3) is 0.441. The lowest BCUT2D eigenvalue weighted by Crippen LogP contribution is -2.68. The third-order valence-electron chi connectivity index (χ3n) is 9.79. The summed E-state index contributed by atoms with van der Waals surface area (Å²) in [6, 6.07) is 8.15. The summed E-state index contributed by atoms with van der Waals surface area (Å²) in [5.74, 6) is -10.7. The van der Waals surface area contributed by atoms with E-state index in [-0.39, 0.29) is 30.0 Å². The van der Waals surface area contributed by atoms with Gasteiger partial charge in [0, 0.05) is 11.5 Å². The lowest BCUT2D eigenvalue weighted by Gasteiger charge is -2.53. The minimum absolute atomic E-state index is 0.0245. The van der Waals surface area contributed by atoms with Gasteiger partial charge in [0.15, 0.2) is 17.2 Å². The second-order valence-corrected chi connectivity index (χ2v) is 14.8. The number of fused-ring (bicyclic) bond motifs is 3. The highest BCUT2D eigenvalue weighted by Gasteiger charge is 2.67. The maximum absolute atomic E-state index is 14.4. The average molecular weight is 716 g/mol. The Labute approximate surface area is 288 Å². The van der Waals surface area contributed by atoms with Crippen LogP contribution >= 0.6 is 7.60 Å². The van der Waals surface area contributed by atoms with Gasteiger partial charge < -0.3 is 50.4 Å². The second kappa shape index (κ2) is 13.5. The molecule has 0 radical (unpaired) electrons. The Balaban J connectivity index is 1.68. The zero-order valence-corrected chi connectivity index (χ0v) is 29.3. The van der Waals surface area contributed by atoms with Crippen molar-refractivity contribution in [1.29, 1.82) is 0 Å². The monoisotopic (exact) mass is 715 g/mol. The van der Waals surface area contributed by atoms with Crippen LogP contribution in [0.3, 0.4) is 0 Å². The van der Waals surface area contributed by atoms with E-state index >= 15 is 0 Å². The maximum atomic E-state index is 14.4. The summed E-state index contributed by atoms with van der Waals surface area (Å²) in [7, 11) is 0.425. The Morgan fingerprint density at radius 3 is 2.18 bits per heavy atom. The Hall–Kier alpha value is -4.24. The van der Waals surface area contributed by atoms with Crippen LogP contribution in [0.2, 0.25) is 0 Å². The number of anilines is 1. The number of aliphatic hydroxyl groups excluding tert-OH is 3. The molecule has 0 fully saturated rings. The number of carbonyl (C=O) groups excluding carboxylic acids is 3. The summed E-state index contributed by atoms with van der Waals surface area (Å²) >= 11 is 0. The molecule has 0 aromatic heterocycles. The molecular weight excluding hydrogens is 673 g/mol. The highest BCUT2D eigenvalue weighted by atomic mass is 31.2. The van der Waals surface area contributed by atoms with Gasteiger partial charge in [-0.2, -0.15) is 0 Å². The molecule has 0 heterocycles. The van der Waals surface area contributed by atoms with Gasteiger partial charge in [-0.05, 0) is 63.2 Å². The summed E-state index contributed by atoms with van der Waals surface area (Å²) in [5, 5.41) is 61.2. The van der Waals surface area contributed by atoms with Gasteiger partial charge in [-0.3, -0.25) is 23.8 Å². The molecule has 50 heavy (non-hydrogen) atoms. The first kappa shape index (κ1) is 37.0. The molecule has 0 saturated heterocycles. The number of aromatic hydroxyl groups is 1. The quantitative estimate of drug-likeness (QED) is 0.101. The topological polar surface area (TPSA) is 238 Å². The van der Waals surface area contributed by atoms with E-state index in [0.717, 1.165) is 0 Å². The molecule has 1 unspecified atom stereocenters. The minimum Gasteiger partial charge on any atom is -0.510 e. The van der Waals surface area contributed by atoms with Crippen LogP contribution in [0.5, 0.6) is 11.5 Å². The standard InChI is InChI=1S/C34H42N3O12P/c1-7-48-50(46,49-8-2)33(16-9-11-17(47-6)12-10-16)36-19-14-13-18-15(3)20-22(27(39)21(18)26(19)38)30(42)34(45)24(28(20)40)25(37(4)5)29(41)23(31(34)43)32(35)44/h9-15,20,24-25,28,33,36,38,40-42,45H,7-8H2,1-6H3,(H2,35,44)/t15-,20+,24+,25-,28-,33?,34-/m0/s1. The number of benzene rings is 2. The highest BCUT2D eigenvalue weighted by molar-refractivity contribution is 7.54. The number of nitrogens with two attached hydrogens (primary N) is 1. The van der Waals surface area contributed by atoms with Crippen LogP contribution in [0.25, 0.3) is 0 Å². The second-order valence-electron chi connectivity index (χ2n) is 12.7. The SMILES string of the molecule is CCOP(=O)(OCC)C(Nc1ccc2c(c1O)C(=O)C1=C(O)[C@]3(O)C(=O)C(C(N)=O)=C(O)[C@@H](N(C)C)[C@@H]3[C@@H](O)[C@@H]1[C@H]2C)c1ccc(OC)cc1. The largest absolute Gasteiger partial charge is 0.510 e. The molecule has 7 atom stereocenters. The molecule has 0 saturated carbocycles. The number of carbonyl (C=O) groups is 3. The van der Waals surface area contributed by atoms with Crippen molar-refractivity contribution >= 4 is 30.8 Å². The molecule has 270 valence electrons. The Morgan fingerprint density at radius 1 is 1.06 bits per heavy atom. The van der Waals surface area contributed by atoms with E-state index in [0.29, 0.717) is 11.3 Å². The third kappa shape index (κ3) is 5.49. The van der Waals surface area contributed by atoms with Gasteiger partial charge in [0.25, 0.3) is 5.91 Å². The van der Waals surface area contributed by atoms with Crippen LogP contribution in [-0.4, -0.2) is 100 Å². The molecular formula is C34H42N3O12P. The molecule has 8 N–H and O–H groups in total. The van der Waals surface area contributed by atoms with Crippen molar-refractivity contribution in [3.63, 3.8) is 0 Å². The van der Waals surface area contributed by atoms with Gasteiger partial charge in [0.1, 0.15) is 28.6 Å². The number of ketones is 2. The van der Waals surface area contributed by atoms with Crippen molar-refractivity contribution < 1.29 is 58.3 Å². The number of Topliss-reactive ketones (excluding diaryl/α,β-unsaturated/α-hetero) is 2. The number of phenolic OH excluding ortho intramolecular Hbond substituents is 1. The molecule has 0 spiro atoms. The van der Waals surface area contributed by atoms with Gasteiger partial charge in [0.05, 0.1) is 49.6 Å². The molecule has 16 heteroatoms. The van der Waals surface area contributed by atoms with Crippen molar-refractivity contribution in [3.05, 3.63) is 75.8 Å². The summed E-state index contributed by atoms with van der Waals surface area (Å²) in [4.78, 5) is 41.7. The minimum atomic E-state index is -3.99. The van der Waals surface area contributed by atoms with E-state index in [2.05, 4.69) is 5.32 Å². The third-order valence-corrected chi connectivity index (χ3v) is 12.1. The van der Waals surface area contributed by atoms with Gasteiger partial charge in [-0.15, -0.1) is 0 Å². The van der Waals surface area contributed by atoms with E-state index in [1.807, 2.05) is 0 Å². The number of primary amides is 1. The summed E-state index contributed by atoms with van der Waals surface area (Å²) in [6.07, 6.45) is -1.73. The molecule has 5 rings (SSSR count). The van der Waals surface area contributed by atoms with Gasteiger partial charge in [-0.25, -0.2) is 0 Å². The molecule has 2 aromatic rings. The van der Waals surface area contributed by atoms with Crippen molar-refractivity contribution in [1.82, 2.24) is 4.90 Å². The lowest BCUT2D eigenvalue weighted by atomic mass is 9.55. The van der Waals surface area contributed by atoms with Gasteiger partial charge >= 0.3 is 7.60 Å². The van der Waals surface area contributed by atoms with Crippen LogP contribution in [0.1, 0.15) is 54.0 Å². The molecule has 3 aliphatic carbocycles. The van der Waals surface area contributed by atoms with Crippen LogP contribution < -0.4 is 15.8 Å². The first-order chi connectivity index (χ1) is 23.5. The number of hydrogen-bond acceptors (Lipinski definition) is 14. The number of aliphatic hydroxyl groups is 4. The normalized spacial score (nSPS) is 27.1. The molecule has 3 aliphatic rings. The summed E-state index contributed by atoms with van der Waals surface area (Å²) < 4.78 is 30.7. The molecule has 15 nitrogen and oxygen atoms in total. The number of ether oxygens (including phenoxy) is 1. The first-order valence-corrected chi connectivity index (χ1v) is 17.6. The number of nitrogens with zero attached hydrogens (tertiary/aromatic N) is 1. The number of nitrogens with one attached hydrogen (secondary N) is 1. The Bertz CT molecular complexity index is 1830. The Kier molecular flexibility index (Phi) is 9.98. The number of methoxy groups -OCH3 is 1. The summed E-state index contributed by atoms with van der Waals surface area (Å²) in [6.45, 7) is 4.96. The van der Waals surface area contributed by atoms with Crippen molar-refractivity contribution in [2.24, 2.45) is 17.6 Å². The number of amides is 1. The van der Waals surface area contributed by atoms with E-state index < -0.39 is 94.8 Å². The Morgan fingerprint density at radius 2 is 1.66 bits per heavy atom. The summed E-state index contributed by atoms with van der Waals surface area (Å²) in [5.41, 5.74) is 1.14. The van der Waals surface area contributed by atoms with Crippen LogP contribution in [-0.2, 0) is 23.2 Å². The number of phenols is 1. The average Bonchev–Trinajstić information content (AvgIpc) is 3.06. The van der Waals surface area contributed by atoms with E-state index in [1.54, 1.807) is 45.0 Å².